The second-order valence-corrected chi connectivity index (χ2v) is 5.16. The van der Waals surface area contributed by atoms with Gasteiger partial charge in [0, 0.05) is 31.9 Å². The zero-order chi connectivity index (χ0) is 15.2. The zero-order valence-electron chi connectivity index (χ0n) is 12.2. The smallest absolute Gasteiger partial charge is 0.241 e. The van der Waals surface area contributed by atoms with E-state index in [4.69, 9.17) is 10.5 Å². The van der Waals surface area contributed by atoms with Crippen LogP contribution in [0.1, 0.15) is 12.8 Å². The van der Waals surface area contributed by atoms with Crippen LogP contribution in [-0.2, 0) is 9.59 Å². The summed E-state index contributed by atoms with van der Waals surface area (Å²) in [4.78, 5) is 27.1. The van der Waals surface area contributed by atoms with Crippen molar-refractivity contribution >= 4 is 17.5 Å². The maximum absolute atomic E-state index is 12.1. The van der Waals surface area contributed by atoms with E-state index in [9.17, 15) is 9.59 Å². The summed E-state index contributed by atoms with van der Waals surface area (Å²) >= 11 is 0. The fraction of sp³-hybridized carbons (Fsp3) is 0.467. The number of hydrogen-bond acceptors (Lipinski definition) is 4. The van der Waals surface area contributed by atoms with E-state index >= 15 is 0 Å². The van der Waals surface area contributed by atoms with E-state index in [0.29, 0.717) is 24.5 Å². The lowest BCUT2D eigenvalue weighted by Crippen LogP contribution is -2.38. The van der Waals surface area contributed by atoms with Gasteiger partial charge in [-0.15, -0.1) is 0 Å². The Bertz CT molecular complexity index is 519. The molecule has 0 atom stereocenters. The Labute approximate surface area is 124 Å². The fourth-order valence-electron chi connectivity index (χ4n) is 2.22. The predicted octanol–water partition coefficient (Wildman–Crippen LogP) is 0.728. The second kappa shape index (κ2) is 6.97. The van der Waals surface area contributed by atoms with Gasteiger partial charge in [-0.1, -0.05) is 6.07 Å². The highest BCUT2D eigenvalue weighted by Crippen LogP contribution is 2.14. The lowest BCUT2D eigenvalue weighted by Gasteiger charge is -2.19. The molecule has 1 aromatic rings. The molecule has 21 heavy (non-hydrogen) atoms. The molecule has 1 saturated heterocycles. The van der Waals surface area contributed by atoms with Gasteiger partial charge in [-0.05, 0) is 18.6 Å². The van der Waals surface area contributed by atoms with Crippen molar-refractivity contribution in [2.24, 2.45) is 0 Å². The van der Waals surface area contributed by atoms with Crippen LogP contribution in [0.4, 0.5) is 5.69 Å². The van der Waals surface area contributed by atoms with Crippen LogP contribution in [0.15, 0.2) is 24.3 Å². The van der Waals surface area contributed by atoms with Crippen molar-refractivity contribution in [1.29, 1.82) is 0 Å². The van der Waals surface area contributed by atoms with Crippen LogP contribution in [0.2, 0.25) is 0 Å². The molecule has 2 N–H and O–H groups in total. The number of amides is 2. The standard InChI is InChI=1S/C15H21N3O3/c1-17-7-3-8-18(11-15(17)20)14(19)6-9-21-13-5-2-4-12(16)10-13/h2,4-5,10H,3,6-9,11,16H2,1H3. The van der Waals surface area contributed by atoms with Gasteiger partial charge in [0.25, 0.3) is 0 Å². The minimum atomic E-state index is -0.0532. The van der Waals surface area contributed by atoms with Gasteiger partial charge in [0.15, 0.2) is 0 Å². The number of ether oxygens (including phenoxy) is 1. The third kappa shape index (κ3) is 4.37. The normalized spacial score (nSPS) is 15.8. The van der Waals surface area contributed by atoms with Gasteiger partial charge >= 0.3 is 0 Å². The van der Waals surface area contributed by atoms with Crippen molar-refractivity contribution in [3.63, 3.8) is 0 Å². The molecule has 0 radical (unpaired) electrons. The molecule has 6 heteroatoms. The van der Waals surface area contributed by atoms with Crippen LogP contribution in [0.25, 0.3) is 0 Å². The molecule has 1 aliphatic heterocycles. The number of nitrogen functional groups attached to an aromatic ring is 1. The van der Waals surface area contributed by atoms with Crippen molar-refractivity contribution in [3.05, 3.63) is 24.3 Å². The summed E-state index contributed by atoms with van der Waals surface area (Å²) in [7, 11) is 1.76. The molecule has 0 aromatic heterocycles. The number of benzene rings is 1. The van der Waals surface area contributed by atoms with E-state index in [0.717, 1.165) is 6.42 Å². The summed E-state index contributed by atoms with van der Waals surface area (Å²) in [6, 6.07) is 7.09. The first kappa shape index (κ1) is 15.2. The Kier molecular flexibility index (Phi) is 5.03. The molecule has 114 valence electrons. The molecule has 0 spiro atoms. The summed E-state index contributed by atoms with van der Waals surface area (Å²) in [5, 5.41) is 0. The molecule has 0 bridgehead atoms. The van der Waals surface area contributed by atoms with Crippen LogP contribution in [0.5, 0.6) is 5.75 Å². The largest absolute Gasteiger partial charge is 0.493 e. The van der Waals surface area contributed by atoms with E-state index < -0.39 is 0 Å². The Morgan fingerprint density at radius 1 is 1.38 bits per heavy atom. The topological polar surface area (TPSA) is 75.9 Å². The Morgan fingerprint density at radius 3 is 2.95 bits per heavy atom. The van der Waals surface area contributed by atoms with Gasteiger partial charge in [0.1, 0.15) is 5.75 Å². The fourth-order valence-corrected chi connectivity index (χ4v) is 2.22. The Balaban J connectivity index is 1.80. The first-order chi connectivity index (χ1) is 10.1. The van der Waals surface area contributed by atoms with Gasteiger partial charge < -0.3 is 20.3 Å². The molecular weight excluding hydrogens is 270 g/mol. The second-order valence-electron chi connectivity index (χ2n) is 5.16. The summed E-state index contributed by atoms with van der Waals surface area (Å²) in [5.41, 5.74) is 6.28. The lowest BCUT2D eigenvalue weighted by molar-refractivity contribution is -0.138. The maximum atomic E-state index is 12.1. The average Bonchev–Trinajstić information content (AvgIpc) is 2.61. The summed E-state index contributed by atoms with van der Waals surface area (Å²) < 4.78 is 5.50. The maximum Gasteiger partial charge on any atom is 0.241 e. The van der Waals surface area contributed by atoms with E-state index in [1.54, 1.807) is 41.1 Å². The number of carbonyl (C=O) groups excluding carboxylic acids is 2. The molecule has 2 amide bonds. The number of nitrogens with zero attached hydrogens (tertiary/aromatic N) is 2. The third-order valence-corrected chi connectivity index (χ3v) is 3.47. The first-order valence-electron chi connectivity index (χ1n) is 7.06. The lowest BCUT2D eigenvalue weighted by atomic mass is 10.3. The van der Waals surface area contributed by atoms with Gasteiger partial charge in [0.2, 0.25) is 11.8 Å². The number of nitrogens with two attached hydrogens (primary N) is 1. The monoisotopic (exact) mass is 291 g/mol. The van der Waals surface area contributed by atoms with E-state index in [2.05, 4.69) is 0 Å². The van der Waals surface area contributed by atoms with Crippen LogP contribution in [0.3, 0.4) is 0 Å². The summed E-state index contributed by atoms with van der Waals surface area (Å²) in [5.74, 6) is 0.578. The molecule has 2 rings (SSSR count). The van der Waals surface area contributed by atoms with Crippen molar-refractivity contribution in [3.8, 4) is 5.75 Å². The minimum Gasteiger partial charge on any atom is -0.493 e. The van der Waals surface area contributed by atoms with E-state index in [1.807, 2.05) is 0 Å². The number of carbonyl (C=O) groups is 2. The van der Waals surface area contributed by atoms with Crippen molar-refractivity contribution < 1.29 is 14.3 Å². The molecular formula is C15H21N3O3. The summed E-state index contributed by atoms with van der Waals surface area (Å²) in [6.07, 6.45) is 1.07. The summed E-state index contributed by atoms with van der Waals surface area (Å²) in [6.45, 7) is 1.76. The van der Waals surface area contributed by atoms with Gasteiger partial charge in [0.05, 0.1) is 19.6 Å². The van der Waals surface area contributed by atoms with E-state index in [-0.39, 0.29) is 31.4 Å². The average molecular weight is 291 g/mol. The first-order valence-corrected chi connectivity index (χ1v) is 7.06. The Hall–Kier alpha value is -2.24. The highest BCUT2D eigenvalue weighted by molar-refractivity contribution is 5.85. The van der Waals surface area contributed by atoms with Gasteiger partial charge in [-0.3, -0.25) is 9.59 Å². The van der Waals surface area contributed by atoms with Crippen molar-refractivity contribution in [2.45, 2.75) is 12.8 Å². The molecule has 0 unspecified atom stereocenters. The molecule has 1 aliphatic rings. The van der Waals surface area contributed by atoms with Crippen LogP contribution >= 0.6 is 0 Å². The highest BCUT2D eigenvalue weighted by Gasteiger charge is 2.22. The molecule has 0 saturated carbocycles. The zero-order valence-corrected chi connectivity index (χ0v) is 12.2. The van der Waals surface area contributed by atoms with Crippen molar-refractivity contribution in [1.82, 2.24) is 9.80 Å². The molecule has 1 fully saturated rings. The SMILES string of the molecule is CN1CCCN(C(=O)CCOc2cccc(N)c2)CC1=O. The number of rotatable bonds is 4. The van der Waals surface area contributed by atoms with Crippen LogP contribution in [0, 0.1) is 0 Å². The molecule has 0 aliphatic carbocycles. The van der Waals surface area contributed by atoms with Crippen LogP contribution in [-0.4, -0.2) is 54.9 Å². The molecule has 1 heterocycles. The van der Waals surface area contributed by atoms with Crippen LogP contribution < -0.4 is 10.5 Å². The highest BCUT2D eigenvalue weighted by atomic mass is 16.5. The predicted molar refractivity (Wildman–Crippen MR) is 79.8 cm³/mol. The van der Waals surface area contributed by atoms with Crippen molar-refractivity contribution in [2.75, 3.05) is 39.0 Å². The third-order valence-electron chi connectivity index (χ3n) is 3.47. The number of hydrogen-bond donors (Lipinski definition) is 1. The van der Waals surface area contributed by atoms with E-state index in [1.165, 1.54) is 0 Å². The van der Waals surface area contributed by atoms with Gasteiger partial charge in [-0.25, -0.2) is 0 Å². The Morgan fingerprint density at radius 2 is 2.19 bits per heavy atom. The van der Waals surface area contributed by atoms with Gasteiger partial charge in [-0.2, -0.15) is 0 Å². The quantitative estimate of drug-likeness (QED) is 0.830. The molecule has 1 aromatic carbocycles. The number of likely N-dealkylation sites (N-methyl/N-ethyl adjacent to an activating group) is 1. The minimum absolute atomic E-state index is 0.0161. The number of anilines is 1. The molecule has 6 nitrogen and oxygen atoms in total.